The van der Waals surface area contributed by atoms with E-state index in [1.807, 2.05) is 6.92 Å². The van der Waals surface area contributed by atoms with Gasteiger partial charge in [-0.1, -0.05) is 22.8 Å². The second-order valence-corrected chi connectivity index (χ2v) is 5.56. The van der Waals surface area contributed by atoms with Crippen molar-refractivity contribution in [2.75, 3.05) is 13.2 Å². The number of hydrogen-bond donors (Lipinski definition) is 1. The van der Waals surface area contributed by atoms with Crippen molar-refractivity contribution in [3.63, 3.8) is 0 Å². The molecule has 104 valence electrons. The highest BCUT2D eigenvalue weighted by atomic mass is 32.2. The Balaban J connectivity index is 2.52. The molecule has 0 spiro atoms. The molecule has 0 heterocycles. The smallest absolute Gasteiger partial charge is 0.296 e. The molecule has 0 bridgehead atoms. The lowest BCUT2D eigenvalue weighted by Gasteiger charge is -2.08. The van der Waals surface area contributed by atoms with E-state index < -0.39 is 16.2 Å². The Kier molecular flexibility index (Phi) is 5.78. The van der Waals surface area contributed by atoms with Crippen LogP contribution in [0.15, 0.2) is 34.3 Å². The molecule has 0 unspecified atom stereocenters. The molecule has 0 aliphatic carbocycles. The van der Waals surface area contributed by atoms with Crippen LogP contribution in [0.5, 0.6) is 0 Å². The summed E-state index contributed by atoms with van der Waals surface area (Å²) >= 11 is 0. The minimum absolute atomic E-state index is 0.0719. The molecular formula is C11H15N3O4S. The Morgan fingerprint density at radius 2 is 2.05 bits per heavy atom. The standard InChI is InChI=1S/C11H15N3O4S/c1-9-2-4-11(5-3-9)19(16,17)18-7-6-10(15)8-13-14-12/h2-5,10,15H,6-8H2,1H3/t10-/m0/s1. The molecular weight excluding hydrogens is 270 g/mol. The van der Waals surface area contributed by atoms with Crippen molar-refractivity contribution in [3.05, 3.63) is 40.3 Å². The third kappa shape index (κ3) is 5.27. The number of azide groups is 1. The molecule has 1 aromatic carbocycles. The Bertz CT molecular complexity index is 550. The number of benzene rings is 1. The van der Waals surface area contributed by atoms with E-state index in [4.69, 9.17) is 9.71 Å². The lowest BCUT2D eigenvalue weighted by Crippen LogP contribution is -2.16. The number of rotatable bonds is 7. The van der Waals surface area contributed by atoms with Crippen molar-refractivity contribution >= 4 is 10.1 Å². The summed E-state index contributed by atoms with van der Waals surface area (Å²) in [5.41, 5.74) is 9.01. The summed E-state index contributed by atoms with van der Waals surface area (Å²) in [6.07, 6.45) is -0.839. The topological polar surface area (TPSA) is 112 Å². The number of nitrogens with zero attached hydrogens (tertiary/aromatic N) is 3. The van der Waals surface area contributed by atoms with Crippen LogP contribution in [0.25, 0.3) is 10.4 Å². The van der Waals surface area contributed by atoms with Gasteiger partial charge in [0.2, 0.25) is 0 Å². The van der Waals surface area contributed by atoms with Crippen LogP contribution in [0.2, 0.25) is 0 Å². The Hall–Kier alpha value is -1.60. The SMILES string of the molecule is Cc1ccc(S(=O)(=O)OCC[C@H](O)CN=[N+]=[N-])cc1. The molecule has 0 amide bonds. The number of aliphatic hydroxyl groups excluding tert-OH is 1. The Morgan fingerprint density at radius 3 is 2.63 bits per heavy atom. The first kappa shape index (κ1) is 15.5. The van der Waals surface area contributed by atoms with Gasteiger partial charge in [-0.05, 0) is 31.0 Å². The Labute approximate surface area is 111 Å². The normalized spacial score (nSPS) is 12.7. The fourth-order valence-electron chi connectivity index (χ4n) is 1.29. The van der Waals surface area contributed by atoms with Crippen LogP contribution in [0, 0.1) is 6.92 Å². The number of hydrogen-bond acceptors (Lipinski definition) is 5. The monoisotopic (exact) mass is 285 g/mol. The largest absolute Gasteiger partial charge is 0.393 e. The van der Waals surface area contributed by atoms with Crippen LogP contribution in [0.3, 0.4) is 0 Å². The zero-order valence-corrected chi connectivity index (χ0v) is 11.2. The third-order valence-corrected chi connectivity index (χ3v) is 3.68. The second-order valence-electron chi connectivity index (χ2n) is 3.95. The summed E-state index contributed by atoms with van der Waals surface area (Å²) < 4.78 is 28.3. The van der Waals surface area contributed by atoms with Gasteiger partial charge in [-0.25, -0.2) is 0 Å². The van der Waals surface area contributed by atoms with Gasteiger partial charge in [0.25, 0.3) is 10.1 Å². The van der Waals surface area contributed by atoms with Crippen LogP contribution in [0.4, 0.5) is 0 Å². The van der Waals surface area contributed by atoms with E-state index in [0.29, 0.717) is 0 Å². The van der Waals surface area contributed by atoms with Crippen molar-refractivity contribution < 1.29 is 17.7 Å². The zero-order chi connectivity index (χ0) is 14.3. The maximum atomic E-state index is 11.8. The average Bonchev–Trinajstić information content (AvgIpc) is 2.36. The van der Waals surface area contributed by atoms with Crippen molar-refractivity contribution in [3.8, 4) is 0 Å². The third-order valence-electron chi connectivity index (χ3n) is 2.35. The maximum absolute atomic E-state index is 11.8. The minimum atomic E-state index is -3.81. The first-order valence-electron chi connectivity index (χ1n) is 5.61. The summed E-state index contributed by atoms with van der Waals surface area (Å²) in [5.74, 6) is 0. The zero-order valence-electron chi connectivity index (χ0n) is 10.4. The van der Waals surface area contributed by atoms with Crippen LogP contribution in [-0.4, -0.2) is 32.8 Å². The molecule has 0 aromatic heterocycles. The fourth-order valence-corrected chi connectivity index (χ4v) is 2.21. The van der Waals surface area contributed by atoms with E-state index in [9.17, 15) is 13.5 Å². The van der Waals surface area contributed by atoms with E-state index in [-0.39, 0.29) is 24.5 Å². The van der Waals surface area contributed by atoms with Gasteiger partial charge in [0.1, 0.15) is 0 Å². The van der Waals surface area contributed by atoms with E-state index in [1.54, 1.807) is 12.1 Å². The van der Waals surface area contributed by atoms with E-state index >= 15 is 0 Å². The molecule has 1 atom stereocenters. The van der Waals surface area contributed by atoms with Gasteiger partial charge in [-0.15, -0.1) is 0 Å². The highest BCUT2D eigenvalue weighted by molar-refractivity contribution is 7.86. The highest BCUT2D eigenvalue weighted by Gasteiger charge is 2.15. The molecule has 7 nitrogen and oxygen atoms in total. The van der Waals surface area contributed by atoms with Crippen molar-refractivity contribution in [2.45, 2.75) is 24.3 Å². The predicted molar refractivity (Wildman–Crippen MR) is 69.0 cm³/mol. The van der Waals surface area contributed by atoms with Crippen LogP contribution < -0.4 is 0 Å². The number of aliphatic hydroxyl groups is 1. The lowest BCUT2D eigenvalue weighted by atomic mass is 10.2. The predicted octanol–water partition coefficient (Wildman–Crippen LogP) is 1.76. The lowest BCUT2D eigenvalue weighted by molar-refractivity contribution is 0.148. The average molecular weight is 285 g/mol. The van der Waals surface area contributed by atoms with Gasteiger partial charge < -0.3 is 5.11 Å². The quantitative estimate of drug-likeness (QED) is 0.356. The molecule has 0 saturated carbocycles. The summed E-state index contributed by atoms with van der Waals surface area (Å²) in [6, 6.07) is 6.27. The van der Waals surface area contributed by atoms with Gasteiger partial charge in [0.15, 0.2) is 0 Å². The van der Waals surface area contributed by atoms with E-state index in [0.717, 1.165) is 5.56 Å². The molecule has 1 aromatic rings. The van der Waals surface area contributed by atoms with Crippen molar-refractivity contribution in [1.82, 2.24) is 0 Å². The van der Waals surface area contributed by atoms with Crippen molar-refractivity contribution in [2.24, 2.45) is 5.11 Å². The Morgan fingerprint density at radius 1 is 1.42 bits per heavy atom. The molecule has 0 radical (unpaired) electrons. The summed E-state index contributed by atoms with van der Waals surface area (Å²) in [5, 5.41) is 12.5. The van der Waals surface area contributed by atoms with Crippen molar-refractivity contribution in [1.29, 1.82) is 0 Å². The molecule has 0 saturated heterocycles. The number of aryl methyl sites for hydroxylation is 1. The van der Waals surface area contributed by atoms with Gasteiger partial charge in [0, 0.05) is 4.91 Å². The van der Waals surface area contributed by atoms with Gasteiger partial charge >= 0.3 is 0 Å². The fraction of sp³-hybridized carbons (Fsp3) is 0.455. The molecule has 0 aliphatic rings. The molecule has 1 N–H and O–H groups in total. The first-order chi connectivity index (χ1) is 8.95. The van der Waals surface area contributed by atoms with Gasteiger partial charge in [-0.3, -0.25) is 4.18 Å². The summed E-state index contributed by atoms with van der Waals surface area (Å²) in [4.78, 5) is 2.57. The summed E-state index contributed by atoms with van der Waals surface area (Å²) in [6.45, 7) is 1.58. The summed E-state index contributed by atoms with van der Waals surface area (Å²) in [7, 11) is -3.81. The minimum Gasteiger partial charge on any atom is -0.393 e. The molecule has 0 fully saturated rings. The van der Waals surface area contributed by atoms with Crippen LogP contribution in [-0.2, 0) is 14.3 Å². The first-order valence-corrected chi connectivity index (χ1v) is 7.01. The molecule has 8 heteroatoms. The maximum Gasteiger partial charge on any atom is 0.296 e. The highest BCUT2D eigenvalue weighted by Crippen LogP contribution is 2.13. The van der Waals surface area contributed by atoms with Crippen LogP contribution in [0.1, 0.15) is 12.0 Å². The van der Waals surface area contributed by atoms with Gasteiger partial charge in [0.05, 0.1) is 24.2 Å². The van der Waals surface area contributed by atoms with Gasteiger partial charge in [-0.2, -0.15) is 8.42 Å². The van der Waals surface area contributed by atoms with E-state index in [1.165, 1.54) is 12.1 Å². The molecule has 19 heavy (non-hydrogen) atoms. The van der Waals surface area contributed by atoms with E-state index in [2.05, 4.69) is 10.0 Å². The molecule has 1 rings (SSSR count). The van der Waals surface area contributed by atoms with Crippen LogP contribution >= 0.6 is 0 Å². The second kappa shape index (κ2) is 7.10. The molecule has 0 aliphatic heterocycles.